The van der Waals surface area contributed by atoms with E-state index < -0.39 is 0 Å². The van der Waals surface area contributed by atoms with Crippen molar-refractivity contribution in [3.63, 3.8) is 0 Å². The van der Waals surface area contributed by atoms with Gasteiger partial charge in [0.1, 0.15) is 0 Å². The lowest BCUT2D eigenvalue weighted by molar-refractivity contribution is 0.321. The summed E-state index contributed by atoms with van der Waals surface area (Å²) in [5, 5.41) is 13.8. The van der Waals surface area contributed by atoms with E-state index in [1.54, 1.807) is 11.6 Å². The van der Waals surface area contributed by atoms with E-state index in [9.17, 15) is 0 Å². The summed E-state index contributed by atoms with van der Waals surface area (Å²) in [4.78, 5) is 8.22. The van der Waals surface area contributed by atoms with E-state index in [4.69, 9.17) is 5.21 Å². The lowest BCUT2D eigenvalue weighted by Gasteiger charge is -1.93. The van der Waals surface area contributed by atoms with Crippen molar-refractivity contribution in [1.29, 1.82) is 0 Å². The molecule has 1 N–H and O–H groups in total. The van der Waals surface area contributed by atoms with E-state index in [-0.39, 0.29) is 12.4 Å². The molecule has 2 heterocycles. The molecule has 0 saturated carbocycles. The molecule has 0 radical (unpaired) electrons. The molecule has 0 aliphatic heterocycles. The molecule has 0 bridgehead atoms. The van der Waals surface area contributed by atoms with E-state index in [1.807, 2.05) is 18.3 Å². The van der Waals surface area contributed by atoms with E-state index in [0.717, 1.165) is 17.8 Å². The zero-order valence-corrected chi connectivity index (χ0v) is 11.6. The molecule has 0 amide bonds. The van der Waals surface area contributed by atoms with Gasteiger partial charge in [0, 0.05) is 24.2 Å². The molecule has 0 spiro atoms. The molecule has 0 saturated heterocycles. The Balaban J connectivity index is 0.00000180. The van der Waals surface area contributed by atoms with Gasteiger partial charge in [-0.3, -0.25) is 4.98 Å². The van der Waals surface area contributed by atoms with Crippen LogP contribution in [0.15, 0.2) is 35.1 Å². The van der Waals surface area contributed by atoms with Crippen molar-refractivity contribution < 1.29 is 5.21 Å². The topological polar surface area (TPSA) is 58.4 Å². The first-order valence-corrected chi connectivity index (χ1v) is 6.27. The van der Waals surface area contributed by atoms with Gasteiger partial charge in [-0.15, -0.1) is 23.7 Å². The highest BCUT2D eigenvalue weighted by molar-refractivity contribution is 7.10. The number of hydrogen-bond donors (Lipinski definition) is 1. The maximum atomic E-state index is 8.36. The third-order valence-electron chi connectivity index (χ3n) is 2.17. The average Bonchev–Trinajstić information content (AvgIpc) is 2.84. The van der Waals surface area contributed by atoms with Crippen molar-refractivity contribution in [3.8, 4) is 11.8 Å². The Kier molecular flexibility index (Phi) is 6.58. The molecule has 0 unspecified atom stereocenters. The Labute approximate surface area is 121 Å². The van der Waals surface area contributed by atoms with Crippen LogP contribution in [0.4, 0.5) is 0 Å². The zero-order chi connectivity index (χ0) is 12.6. The van der Waals surface area contributed by atoms with Crippen molar-refractivity contribution >= 4 is 30.0 Å². The highest BCUT2D eigenvalue weighted by atomic mass is 35.5. The molecular formula is C13H12ClN3OS. The number of aryl methyl sites for hydroxylation is 1. The van der Waals surface area contributed by atoms with Gasteiger partial charge in [-0.1, -0.05) is 17.1 Å². The van der Waals surface area contributed by atoms with E-state index in [2.05, 4.69) is 27.0 Å². The summed E-state index contributed by atoms with van der Waals surface area (Å²) in [7, 11) is 0. The van der Waals surface area contributed by atoms with Crippen molar-refractivity contribution in [2.24, 2.45) is 5.16 Å². The fourth-order valence-corrected chi connectivity index (χ4v) is 1.99. The van der Waals surface area contributed by atoms with Gasteiger partial charge >= 0.3 is 0 Å². The Morgan fingerprint density at radius 1 is 1.47 bits per heavy atom. The molecule has 4 nitrogen and oxygen atoms in total. The Hall–Kier alpha value is -1.90. The fraction of sp³-hybridized carbons (Fsp3) is 0.154. The molecule has 2 aromatic heterocycles. The monoisotopic (exact) mass is 293 g/mol. The van der Waals surface area contributed by atoms with Crippen LogP contribution in [0.1, 0.15) is 22.7 Å². The minimum atomic E-state index is 0. The summed E-state index contributed by atoms with van der Waals surface area (Å²) in [6.45, 7) is 0. The minimum Gasteiger partial charge on any atom is -0.411 e. The van der Waals surface area contributed by atoms with Crippen LogP contribution < -0.4 is 0 Å². The Bertz CT molecular complexity index is 587. The van der Waals surface area contributed by atoms with Crippen LogP contribution in [0, 0.1) is 11.8 Å². The molecular weight excluding hydrogens is 282 g/mol. The van der Waals surface area contributed by atoms with E-state index in [0.29, 0.717) is 5.69 Å². The normalized spacial score (nSPS) is 9.68. The molecule has 0 aliphatic rings. The first-order chi connectivity index (χ1) is 8.88. The van der Waals surface area contributed by atoms with Gasteiger partial charge < -0.3 is 5.21 Å². The summed E-state index contributed by atoms with van der Waals surface area (Å²) < 4.78 is 0. The molecule has 0 aliphatic carbocycles. The summed E-state index contributed by atoms with van der Waals surface area (Å²) in [5.74, 6) is 6.06. The number of aromatic nitrogens is 2. The van der Waals surface area contributed by atoms with Crippen LogP contribution in [-0.2, 0) is 6.42 Å². The van der Waals surface area contributed by atoms with Crippen molar-refractivity contribution in [2.45, 2.75) is 12.8 Å². The van der Waals surface area contributed by atoms with Gasteiger partial charge in [-0.25, -0.2) is 4.98 Å². The maximum absolute atomic E-state index is 8.36. The van der Waals surface area contributed by atoms with Crippen LogP contribution in [0.25, 0.3) is 0 Å². The summed E-state index contributed by atoms with van der Waals surface area (Å²) >= 11 is 1.44. The molecule has 19 heavy (non-hydrogen) atoms. The number of nitrogens with zero attached hydrogens (tertiary/aromatic N) is 3. The Morgan fingerprint density at radius 2 is 2.37 bits per heavy atom. The lowest BCUT2D eigenvalue weighted by atomic mass is 10.2. The molecule has 98 valence electrons. The largest absolute Gasteiger partial charge is 0.411 e. The Morgan fingerprint density at radius 3 is 3.11 bits per heavy atom. The first kappa shape index (κ1) is 15.2. The predicted molar refractivity (Wildman–Crippen MR) is 78.2 cm³/mol. The maximum Gasteiger partial charge on any atom is 0.167 e. The van der Waals surface area contributed by atoms with Gasteiger partial charge in [0.05, 0.1) is 11.9 Å². The average molecular weight is 294 g/mol. The van der Waals surface area contributed by atoms with Crippen LogP contribution in [0.2, 0.25) is 0 Å². The second-order valence-corrected chi connectivity index (χ2v) is 4.34. The molecule has 0 aromatic carbocycles. The molecule has 2 aromatic rings. The van der Waals surface area contributed by atoms with Gasteiger partial charge in [0.15, 0.2) is 5.01 Å². The number of hydrogen-bond acceptors (Lipinski definition) is 5. The van der Waals surface area contributed by atoms with E-state index >= 15 is 0 Å². The molecule has 0 atom stereocenters. The van der Waals surface area contributed by atoms with Crippen LogP contribution in [0.5, 0.6) is 0 Å². The number of rotatable bonds is 3. The predicted octanol–water partition coefficient (Wildman–Crippen LogP) is 2.75. The lowest BCUT2D eigenvalue weighted by Crippen LogP contribution is -1.84. The zero-order valence-electron chi connectivity index (χ0n) is 9.98. The fourth-order valence-electron chi connectivity index (χ4n) is 1.35. The highest BCUT2D eigenvalue weighted by Crippen LogP contribution is 2.06. The van der Waals surface area contributed by atoms with Gasteiger partial charge in [0.25, 0.3) is 0 Å². The highest BCUT2D eigenvalue weighted by Gasteiger charge is 1.95. The number of thiazole rings is 1. The summed E-state index contributed by atoms with van der Waals surface area (Å²) in [5.41, 5.74) is 1.80. The molecule has 2 rings (SSSR count). The number of pyridine rings is 1. The standard InChI is InChI=1S/C13H11N3OS.ClH/c17-15-9-12-10-18-13(16-12)6-2-1-4-11-5-3-7-14-8-11;/h3,5,7-10,17H,1,4H2;1H. The third-order valence-corrected chi connectivity index (χ3v) is 2.94. The van der Waals surface area contributed by atoms with Crippen LogP contribution in [-0.4, -0.2) is 21.4 Å². The van der Waals surface area contributed by atoms with Gasteiger partial charge in [-0.05, 0) is 24.0 Å². The van der Waals surface area contributed by atoms with Crippen molar-refractivity contribution in [2.75, 3.05) is 0 Å². The smallest absolute Gasteiger partial charge is 0.167 e. The van der Waals surface area contributed by atoms with Gasteiger partial charge in [0.2, 0.25) is 0 Å². The third kappa shape index (κ3) is 5.08. The molecule has 6 heteroatoms. The second kappa shape index (κ2) is 8.25. The van der Waals surface area contributed by atoms with Crippen molar-refractivity contribution in [1.82, 2.24) is 9.97 Å². The van der Waals surface area contributed by atoms with E-state index in [1.165, 1.54) is 23.1 Å². The quantitative estimate of drug-likeness (QED) is 0.410. The van der Waals surface area contributed by atoms with Gasteiger partial charge in [-0.2, -0.15) is 0 Å². The van der Waals surface area contributed by atoms with Crippen LogP contribution >= 0.6 is 23.7 Å². The number of oxime groups is 1. The minimum absolute atomic E-state index is 0. The van der Waals surface area contributed by atoms with Crippen molar-refractivity contribution in [3.05, 3.63) is 46.2 Å². The number of halogens is 1. The second-order valence-electron chi connectivity index (χ2n) is 3.49. The SMILES string of the molecule is Cl.ON=Cc1csc(C#CCCc2cccnc2)n1. The first-order valence-electron chi connectivity index (χ1n) is 5.39. The summed E-state index contributed by atoms with van der Waals surface area (Å²) in [6, 6.07) is 3.96. The van der Waals surface area contributed by atoms with Crippen LogP contribution in [0.3, 0.4) is 0 Å². The molecule has 0 fully saturated rings. The summed E-state index contributed by atoms with van der Waals surface area (Å²) in [6.07, 6.45) is 6.55.